The lowest BCUT2D eigenvalue weighted by atomic mass is 9.99. The molecule has 1 aromatic carbocycles. The lowest BCUT2D eigenvalue weighted by Gasteiger charge is -2.27. The van der Waals surface area contributed by atoms with E-state index in [1.165, 1.54) is 0 Å². The zero-order valence-corrected chi connectivity index (χ0v) is 17.2. The van der Waals surface area contributed by atoms with E-state index in [-0.39, 0.29) is 23.5 Å². The fraction of sp³-hybridized carbons (Fsp3) is 0.409. The highest BCUT2D eigenvalue weighted by atomic mass is 16.1. The quantitative estimate of drug-likeness (QED) is 0.767. The van der Waals surface area contributed by atoms with Crippen molar-refractivity contribution in [3.05, 3.63) is 57.0 Å². The van der Waals surface area contributed by atoms with Gasteiger partial charge >= 0.3 is 0 Å². The van der Waals surface area contributed by atoms with Crippen LogP contribution >= 0.6 is 0 Å². The van der Waals surface area contributed by atoms with Gasteiger partial charge in [0.25, 0.3) is 5.56 Å². The molecule has 1 amide bonds. The third-order valence-electron chi connectivity index (χ3n) is 4.97. The number of hydrogen-bond donors (Lipinski definition) is 2. The molecular formula is C22H28N4O2. The Bertz CT molecular complexity index is 937. The normalized spacial score (nSPS) is 10.6. The minimum Gasteiger partial charge on any atom is -0.369 e. The highest BCUT2D eigenvalue weighted by Gasteiger charge is 2.14. The van der Waals surface area contributed by atoms with E-state index in [1.807, 2.05) is 30.3 Å². The molecule has 0 saturated heterocycles. The van der Waals surface area contributed by atoms with Gasteiger partial charge in [0.2, 0.25) is 5.91 Å². The van der Waals surface area contributed by atoms with E-state index in [0.29, 0.717) is 23.7 Å². The van der Waals surface area contributed by atoms with Crippen molar-refractivity contribution >= 4 is 17.3 Å². The number of nitrogens with one attached hydrogen (secondary N) is 2. The smallest absolute Gasteiger partial charge is 0.266 e. The summed E-state index contributed by atoms with van der Waals surface area (Å²) in [5.74, 6) is -0.104. The van der Waals surface area contributed by atoms with Crippen molar-refractivity contribution in [1.29, 1.82) is 5.26 Å². The van der Waals surface area contributed by atoms with Gasteiger partial charge in [0.15, 0.2) is 0 Å². The molecule has 2 aromatic rings. The fourth-order valence-electron chi connectivity index (χ4n) is 3.46. The lowest BCUT2D eigenvalue weighted by Crippen LogP contribution is -2.30. The van der Waals surface area contributed by atoms with Gasteiger partial charge in [-0.1, -0.05) is 0 Å². The zero-order valence-electron chi connectivity index (χ0n) is 17.2. The fourth-order valence-corrected chi connectivity index (χ4v) is 3.46. The lowest BCUT2D eigenvalue weighted by molar-refractivity contribution is -0.116. The molecule has 0 aliphatic heterocycles. The van der Waals surface area contributed by atoms with Gasteiger partial charge in [-0.2, -0.15) is 5.26 Å². The van der Waals surface area contributed by atoms with Crippen LogP contribution in [0.2, 0.25) is 0 Å². The van der Waals surface area contributed by atoms with Crippen LogP contribution in [0.5, 0.6) is 0 Å². The Balaban J connectivity index is 2.04. The summed E-state index contributed by atoms with van der Waals surface area (Å²) in [6.45, 7) is 10.9. The number of pyridine rings is 1. The van der Waals surface area contributed by atoms with E-state index in [9.17, 15) is 9.59 Å². The van der Waals surface area contributed by atoms with Crippen molar-refractivity contribution in [2.45, 2.75) is 53.5 Å². The van der Waals surface area contributed by atoms with Crippen molar-refractivity contribution < 1.29 is 4.79 Å². The maximum Gasteiger partial charge on any atom is 0.266 e. The summed E-state index contributed by atoms with van der Waals surface area (Å²) in [7, 11) is 0. The second-order valence-corrected chi connectivity index (χ2v) is 7.14. The minimum absolute atomic E-state index is 0.104. The van der Waals surface area contributed by atoms with Gasteiger partial charge in [-0.3, -0.25) is 9.59 Å². The number of rotatable bonds is 7. The predicted molar refractivity (Wildman–Crippen MR) is 113 cm³/mol. The van der Waals surface area contributed by atoms with E-state index < -0.39 is 0 Å². The number of aromatic nitrogens is 1. The van der Waals surface area contributed by atoms with Crippen molar-refractivity contribution in [3.63, 3.8) is 0 Å². The molecule has 0 radical (unpaired) electrons. The summed E-state index contributed by atoms with van der Waals surface area (Å²) in [6.07, 6.45) is 0.734. The second-order valence-electron chi connectivity index (χ2n) is 7.14. The van der Waals surface area contributed by atoms with E-state index in [2.05, 4.69) is 36.0 Å². The summed E-state index contributed by atoms with van der Waals surface area (Å²) >= 11 is 0. The van der Waals surface area contributed by atoms with E-state index in [4.69, 9.17) is 5.26 Å². The number of aromatic amines is 1. The summed E-state index contributed by atoms with van der Waals surface area (Å²) in [4.78, 5) is 29.1. The monoisotopic (exact) mass is 380 g/mol. The van der Waals surface area contributed by atoms with Crippen LogP contribution in [-0.4, -0.2) is 23.5 Å². The molecule has 1 heterocycles. The van der Waals surface area contributed by atoms with Crippen molar-refractivity contribution in [1.82, 2.24) is 4.98 Å². The number of nitriles is 1. The summed E-state index contributed by atoms with van der Waals surface area (Å²) < 4.78 is 0. The molecule has 148 valence electrons. The number of hydrogen-bond acceptors (Lipinski definition) is 4. The molecule has 0 bridgehead atoms. The zero-order chi connectivity index (χ0) is 20.8. The molecular weight excluding hydrogens is 352 g/mol. The van der Waals surface area contributed by atoms with Crippen LogP contribution in [-0.2, 0) is 11.2 Å². The number of anilines is 2. The highest BCUT2D eigenvalue weighted by molar-refractivity contribution is 5.91. The molecule has 0 aliphatic carbocycles. The topological polar surface area (TPSA) is 89.0 Å². The maximum atomic E-state index is 12.4. The van der Waals surface area contributed by atoms with Crippen LogP contribution in [0.1, 0.15) is 49.6 Å². The van der Waals surface area contributed by atoms with Gasteiger partial charge in [-0.15, -0.1) is 0 Å². The van der Waals surface area contributed by atoms with Gasteiger partial charge in [0.05, 0.1) is 0 Å². The first kappa shape index (κ1) is 21.2. The molecule has 2 N–H and O–H groups in total. The van der Waals surface area contributed by atoms with E-state index in [1.54, 1.807) is 13.8 Å². The molecule has 0 spiro atoms. The van der Waals surface area contributed by atoms with Crippen molar-refractivity contribution in [3.8, 4) is 6.07 Å². The molecule has 0 fully saturated rings. The van der Waals surface area contributed by atoms with Gasteiger partial charge < -0.3 is 15.2 Å². The minimum atomic E-state index is -0.381. The molecule has 1 aromatic heterocycles. The van der Waals surface area contributed by atoms with Gasteiger partial charge in [0.1, 0.15) is 11.6 Å². The third-order valence-corrected chi connectivity index (χ3v) is 4.97. The van der Waals surface area contributed by atoms with Crippen LogP contribution < -0.4 is 15.8 Å². The molecule has 0 saturated carbocycles. The Morgan fingerprint density at radius 2 is 1.89 bits per heavy atom. The van der Waals surface area contributed by atoms with E-state index in [0.717, 1.165) is 23.5 Å². The molecule has 0 unspecified atom stereocenters. The van der Waals surface area contributed by atoms with Crippen LogP contribution in [0.25, 0.3) is 0 Å². The Labute approximate surface area is 166 Å². The number of aryl methyl sites for hydroxylation is 1. The highest BCUT2D eigenvalue weighted by Crippen LogP contribution is 2.20. The van der Waals surface area contributed by atoms with Crippen LogP contribution in [0.4, 0.5) is 11.4 Å². The summed E-state index contributed by atoms with van der Waals surface area (Å²) in [5.41, 5.74) is 3.80. The van der Waals surface area contributed by atoms with Crippen molar-refractivity contribution in [2.75, 3.05) is 16.8 Å². The Hall–Kier alpha value is -3.07. The number of H-pyrrole nitrogens is 1. The van der Waals surface area contributed by atoms with Crippen molar-refractivity contribution in [2.24, 2.45) is 0 Å². The number of nitrogens with zero attached hydrogens (tertiary/aromatic N) is 2. The first-order chi connectivity index (χ1) is 13.3. The number of carbonyl (C=O) groups is 1. The molecule has 0 aliphatic rings. The Morgan fingerprint density at radius 3 is 2.43 bits per heavy atom. The van der Waals surface area contributed by atoms with Gasteiger partial charge in [-0.05, 0) is 76.4 Å². The molecule has 2 rings (SSSR count). The predicted octanol–water partition coefficient (Wildman–Crippen LogP) is 3.67. The first-order valence-electron chi connectivity index (χ1n) is 9.57. The molecule has 28 heavy (non-hydrogen) atoms. The second kappa shape index (κ2) is 9.23. The average Bonchev–Trinajstić information content (AvgIpc) is 2.63. The molecule has 6 nitrogen and oxygen atoms in total. The largest absolute Gasteiger partial charge is 0.369 e. The van der Waals surface area contributed by atoms with Gasteiger partial charge in [-0.25, -0.2) is 0 Å². The van der Waals surface area contributed by atoms with Crippen LogP contribution in [0.3, 0.4) is 0 Å². The Morgan fingerprint density at radius 1 is 1.25 bits per heavy atom. The van der Waals surface area contributed by atoms with Crippen LogP contribution in [0, 0.1) is 25.2 Å². The molecule has 6 heteroatoms. The SMILES string of the molecule is CCN(c1ccc(NC(=O)CCc2c(C)[nH]c(=O)c(C#N)c2C)cc1)C(C)C. The number of benzene rings is 1. The number of carbonyl (C=O) groups excluding carboxylic acids is 1. The van der Waals surface area contributed by atoms with Gasteiger partial charge in [0, 0.05) is 36.1 Å². The summed E-state index contributed by atoms with van der Waals surface area (Å²) in [5, 5.41) is 12.1. The van der Waals surface area contributed by atoms with Crippen LogP contribution in [0.15, 0.2) is 29.1 Å². The first-order valence-corrected chi connectivity index (χ1v) is 9.57. The molecule has 0 atom stereocenters. The summed E-state index contributed by atoms with van der Waals surface area (Å²) in [6, 6.07) is 10.2. The van der Waals surface area contributed by atoms with E-state index >= 15 is 0 Å². The third kappa shape index (κ3) is 4.80. The average molecular weight is 380 g/mol. The maximum absolute atomic E-state index is 12.4. The number of amides is 1. The Kier molecular flexibility index (Phi) is 7.00. The standard InChI is InChI=1S/C22H28N4O2/c1-6-26(14(2)3)18-9-7-17(8-10-18)25-21(27)12-11-19-15(4)20(13-23)22(28)24-16(19)5/h7-10,14H,6,11-12H2,1-5H3,(H,24,28)(H,25,27).